The molecule has 110 valence electrons. The van der Waals surface area contributed by atoms with E-state index in [1.165, 1.54) is 16.4 Å². The molecule has 20 heavy (non-hydrogen) atoms. The summed E-state index contributed by atoms with van der Waals surface area (Å²) in [5.74, 6) is -0.495. The number of aromatic carboxylic acids is 1. The standard InChI is InChI=1S/C14H19NO4S/c1-9-4-5-12(14(16)17)6-13(9)20(18,19)15-7-10(2)11(3)8-15/h4-6,10-11H,7-8H2,1-3H3,(H,16,17). The molecule has 0 amide bonds. The molecule has 1 aromatic carbocycles. The lowest BCUT2D eigenvalue weighted by molar-refractivity contribution is 0.0696. The maximum absolute atomic E-state index is 12.7. The minimum Gasteiger partial charge on any atom is -0.478 e. The van der Waals surface area contributed by atoms with Gasteiger partial charge in [0.1, 0.15) is 0 Å². The van der Waals surface area contributed by atoms with Gasteiger partial charge in [0.25, 0.3) is 0 Å². The zero-order valence-corrected chi connectivity index (χ0v) is 12.6. The SMILES string of the molecule is Cc1ccc(C(=O)O)cc1S(=O)(=O)N1CC(C)C(C)C1. The van der Waals surface area contributed by atoms with E-state index in [2.05, 4.69) is 0 Å². The predicted octanol–water partition coefficient (Wildman–Crippen LogP) is 1.97. The molecule has 0 bridgehead atoms. The fourth-order valence-electron chi connectivity index (χ4n) is 2.42. The Bertz CT molecular complexity index is 629. The average Bonchev–Trinajstić information content (AvgIpc) is 2.70. The van der Waals surface area contributed by atoms with Gasteiger partial charge >= 0.3 is 5.97 Å². The quantitative estimate of drug-likeness (QED) is 0.925. The largest absolute Gasteiger partial charge is 0.478 e. The topological polar surface area (TPSA) is 74.7 Å². The molecule has 0 saturated carbocycles. The molecule has 6 heteroatoms. The number of carboxylic acid groups (broad SMARTS) is 1. The summed E-state index contributed by atoms with van der Waals surface area (Å²) in [5.41, 5.74) is 0.566. The van der Waals surface area contributed by atoms with Crippen LogP contribution in [0.15, 0.2) is 23.1 Å². The van der Waals surface area contributed by atoms with Crippen molar-refractivity contribution in [3.05, 3.63) is 29.3 Å². The number of benzene rings is 1. The molecule has 0 radical (unpaired) electrons. The first-order chi connectivity index (χ1) is 9.23. The van der Waals surface area contributed by atoms with Gasteiger partial charge in [-0.15, -0.1) is 0 Å². The highest BCUT2D eigenvalue weighted by molar-refractivity contribution is 7.89. The first kappa shape index (κ1) is 15.0. The number of carboxylic acids is 1. The molecule has 1 N–H and O–H groups in total. The van der Waals surface area contributed by atoms with Crippen LogP contribution in [0.4, 0.5) is 0 Å². The van der Waals surface area contributed by atoms with Crippen LogP contribution in [0.5, 0.6) is 0 Å². The zero-order chi connectivity index (χ0) is 15.1. The van der Waals surface area contributed by atoms with Gasteiger partial charge in [0, 0.05) is 13.1 Å². The number of rotatable bonds is 3. The van der Waals surface area contributed by atoms with E-state index >= 15 is 0 Å². The van der Waals surface area contributed by atoms with Gasteiger partial charge in [-0.3, -0.25) is 0 Å². The van der Waals surface area contributed by atoms with Gasteiger partial charge in [0.15, 0.2) is 0 Å². The van der Waals surface area contributed by atoms with Gasteiger partial charge in [-0.05, 0) is 36.5 Å². The van der Waals surface area contributed by atoms with Crippen molar-refractivity contribution in [2.24, 2.45) is 11.8 Å². The van der Waals surface area contributed by atoms with Gasteiger partial charge in [0.05, 0.1) is 10.5 Å². The van der Waals surface area contributed by atoms with Crippen molar-refractivity contribution in [2.75, 3.05) is 13.1 Å². The van der Waals surface area contributed by atoms with E-state index in [1.807, 2.05) is 13.8 Å². The zero-order valence-electron chi connectivity index (χ0n) is 11.8. The highest BCUT2D eigenvalue weighted by atomic mass is 32.2. The van der Waals surface area contributed by atoms with Crippen molar-refractivity contribution < 1.29 is 18.3 Å². The molecule has 2 unspecified atom stereocenters. The minimum absolute atomic E-state index is 0.00512. The van der Waals surface area contributed by atoms with E-state index in [1.54, 1.807) is 13.0 Å². The number of carbonyl (C=O) groups is 1. The molecule has 1 heterocycles. The average molecular weight is 297 g/mol. The summed E-state index contributed by atoms with van der Waals surface area (Å²) in [6.45, 7) is 6.71. The maximum atomic E-state index is 12.7. The third kappa shape index (κ3) is 2.58. The second kappa shape index (κ2) is 5.18. The maximum Gasteiger partial charge on any atom is 0.335 e. The second-order valence-corrected chi connectivity index (χ2v) is 7.47. The summed E-state index contributed by atoms with van der Waals surface area (Å²) in [4.78, 5) is 11.1. The van der Waals surface area contributed by atoms with Gasteiger partial charge in [-0.2, -0.15) is 4.31 Å². The van der Waals surface area contributed by atoms with E-state index in [9.17, 15) is 13.2 Å². The van der Waals surface area contributed by atoms with Gasteiger partial charge < -0.3 is 5.11 Å². The second-order valence-electron chi connectivity index (χ2n) is 5.56. The highest BCUT2D eigenvalue weighted by Gasteiger charge is 2.35. The van der Waals surface area contributed by atoms with Crippen molar-refractivity contribution in [1.29, 1.82) is 0 Å². The number of sulfonamides is 1. The molecule has 1 aliphatic heterocycles. The van der Waals surface area contributed by atoms with Crippen LogP contribution in [0, 0.1) is 18.8 Å². The van der Waals surface area contributed by atoms with Gasteiger partial charge in [-0.1, -0.05) is 19.9 Å². The Morgan fingerprint density at radius 1 is 1.25 bits per heavy atom. The Balaban J connectivity index is 2.44. The molecule has 1 aromatic rings. The number of hydrogen-bond acceptors (Lipinski definition) is 3. The fraction of sp³-hybridized carbons (Fsp3) is 0.500. The van der Waals surface area contributed by atoms with E-state index in [-0.39, 0.29) is 10.5 Å². The number of hydrogen-bond donors (Lipinski definition) is 1. The molecule has 2 atom stereocenters. The molecule has 0 aromatic heterocycles. The molecular weight excluding hydrogens is 278 g/mol. The Kier molecular flexibility index (Phi) is 3.88. The monoisotopic (exact) mass is 297 g/mol. The molecule has 1 fully saturated rings. The smallest absolute Gasteiger partial charge is 0.335 e. The first-order valence-corrected chi connectivity index (χ1v) is 8.01. The van der Waals surface area contributed by atoms with E-state index in [0.717, 1.165) is 0 Å². The Labute approximate surface area is 119 Å². The molecular formula is C14H19NO4S. The molecule has 2 rings (SSSR count). The summed E-state index contributed by atoms with van der Waals surface area (Å²) in [5, 5.41) is 9.01. The highest BCUT2D eigenvalue weighted by Crippen LogP contribution is 2.29. The molecule has 5 nitrogen and oxygen atoms in total. The van der Waals surface area contributed by atoms with Crippen LogP contribution < -0.4 is 0 Å². The van der Waals surface area contributed by atoms with Crippen LogP contribution in [0.1, 0.15) is 29.8 Å². The lowest BCUT2D eigenvalue weighted by Gasteiger charge is -2.18. The van der Waals surface area contributed by atoms with Crippen molar-refractivity contribution in [3.63, 3.8) is 0 Å². The molecule has 1 saturated heterocycles. The number of aryl methyl sites for hydroxylation is 1. The summed E-state index contributed by atoms with van der Waals surface area (Å²) in [6.07, 6.45) is 0. The van der Waals surface area contributed by atoms with E-state index in [4.69, 9.17) is 5.11 Å². The number of nitrogens with zero attached hydrogens (tertiary/aromatic N) is 1. The van der Waals surface area contributed by atoms with E-state index < -0.39 is 16.0 Å². The van der Waals surface area contributed by atoms with Crippen LogP contribution in [0.2, 0.25) is 0 Å². The fourth-order valence-corrected chi connectivity index (χ4v) is 4.31. The predicted molar refractivity (Wildman–Crippen MR) is 75.2 cm³/mol. The van der Waals surface area contributed by atoms with Crippen LogP contribution >= 0.6 is 0 Å². The van der Waals surface area contributed by atoms with Crippen molar-refractivity contribution >= 4 is 16.0 Å². The van der Waals surface area contributed by atoms with Crippen molar-refractivity contribution in [3.8, 4) is 0 Å². The first-order valence-electron chi connectivity index (χ1n) is 6.57. The Hall–Kier alpha value is -1.40. The van der Waals surface area contributed by atoms with Crippen LogP contribution in [0.25, 0.3) is 0 Å². The van der Waals surface area contributed by atoms with Crippen LogP contribution in [-0.2, 0) is 10.0 Å². The van der Waals surface area contributed by atoms with Crippen molar-refractivity contribution in [2.45, 2.75) is 25.7 Å². The lowest BCUT2D eigenvalue weighted by atomic mass is 10.0. The molecule has 0 spiro atoms. The summed E-state index contributed by atoms with van der Waals surface area (Å²) in [7, 11) is -3.62. The third-order valence-electron chi connectivity index (χ3n) is 4.01. The summed E-state index contributed by atoms with van der Waals surface area (Å²) in [6, 6.07) is 4.21. The normalized spacial score (nSPS) is 23.9. The summed E-state index contributed by atoms with van der Waals surface area (Å²) < 4.78 is 26.8. The minimum atomic E-state index is -3.62. The van der Waals surface area contributed by atoms with Crippen molar-refractivity contribution in [1.82, 2.24) is 4.31 Å². The lowest BCUT2D eigenvalue weighted by Crippen LogP contribution is -2.29. The Morgan fingerprint density at radius 2 is 1.80 bits per heavy atom. The van der Waals surface area contributed by atoms with Gasteiger partial charge in [0.2, 0.25) is 10.0 Å². The van der Waals surface area contributed by atoms with Crippen LogP contribution in [0.3, 0.4) is 0 Å². The third-order valence-corrected chi connectivity index (χ3v) is 5.98. The summed E-state index contributed by atoms with van der Waals surface area (Å²) >= 11 is 0. The molecule has 1 aliphatic rings. The van der Waals surface area contributed by atoms with Gasteiger partial charge in [-0.25, -0.2) is 13.2 Å². The molecule has 0 aliphatic carbocycles. The Morgan fingerprint density at radius 3 is 2.30 bits per heavy atom. The van der Waals surface area contributed by atoms with E-state index in [0.29, 0.717) is 30.5 Å². The van der Waals surface area contributed by atoms with Crippen LogP contribution in [-0.4, -0.2) is 36.9 Å².